The molecule has 0 unspecified atom stereocenters. The molecule has 3 heterocycles. The first kappa shape index (κ1) is 19.1. The zero-order valence-corrected chi connectivity index (χ0v) is 15.8. The van der Waals surface area contributed by atoms with Crippen LogP contribution in [0, 0.1) is 20.2 Å². The Kier molecular flexibility index (Phi) is 5.26. The summed E-state index contributed by atoms with van der Waals surface area (Å²) in [7, 11) is 0. The van der Waals surface area contributed by atoms with Gasteiger partial charge in [-0.2, -0.15) is 0 Å². The Morgan fingerprint density at radius 3 is 2.69 bits per heavy atom. The smallest absolute Gasteiger partial charge is 0.280 e. The van der Waals surface area contributed by atoms with Gasteiger partial charge in [0, 0.05) is 56.0 Å². The van der Waals surface area contributed by atoms with Gasteiger partial charge in [-0.25, -0.2) is 9.97 Å². The van der Waals surface area contributed by atoms with Gasteiger partial charge in [0.25, 0.3) is 11.4 Å². The lowest BCUT2D eigenvalue weighted by molar-refractivity contribution is -0.394. The molecule has 1 aromatic carbocycles. The number of hydrogen-bond acceptors (Lipinski definition) is 8. The molecule has 1 aromatic heterocycles. The summed E-state index contributed by atoms with van der Waals surface area (Å²) in [6, 6.07) is 3.79. The summed E-state index contributed by atoms with van der Waals surface area (Å²) in [6.45, 7) is 2.44. The number of nitrogens with zero attached hydrogens (tertiary/aromatic N) is 6. The maximum atomic E-state index is 11.4. The summed E-state index contributed by atoms with van der Waals surface area (Å²) < 4.78 is 0. The van der Waals surface area contributed by atoms with E-state index >= 15 is 0 Å². The molecule has 0 N–H and O–H groups in total. The van der Waals surface area contributed by atoms with Gasteiger partial charge in [-0.3, -0.25) is 30.1 Å². The highest BCUT2D eigenvalue weighted by molar-refractivity contribution is 5.97. The zero-order valence-electron chi connectivity index (χ0n) is 15.8. The molecule has 150 valence electrons. The van der Waals surface area contributed by atoms with Crippen molar-refractivity contribution in [2.45, 2.75) is 38.8 Å². The highest BCUT2D eigenvalue weighted by Gasteiger charge is 2.24. The Bertz CT molecular complexity index is 1010. The van der Waals surface area contributed by atoms with E-state index in [9.17, 15) is 20.2 Å². The number of benzene rings is 1. The molecular weight excluding hydrogens is 376 g/mol. The molecule has 0 spiro atoms. The number of hydrogen-bond donors (Lipinski definition) is 0. The molecule has 0 radical (unpaired) electrons. The van der Waals surface area contributed by atoms with Crippen LogP contribution in [0.15, 0.2) is 29.4 Å². The Morgan fingerprint density at radius 2 is 1.97 bits per heavy atom. The van der Waals surface area contributed by atoms with Gasteiger partial charge in [-0.1, -0.05) is 0 Å². The lowest BCUT2D eigenvalue weighted by atomic mass is 10.0. The normalized spacial score (nSPS) is 16.8. The third-order valence-corrected chi connectivity index (χ3v) is 5.27. The van der Waals surface area contributed by atoms with Gasteiger partial charge >= 0.3 is 0 Å². The molecule has 0 saturated carbocycles. The summed E-state index contributed by atoms with van der Waals surface area (Å²) >= 11 is 0. The van der Waals surface area contributed by atoms with Crippen LogP contribution in [-0.2, 0) is 19.5 Å². The number of aliphatic imine (C=N–C) groups is 1. The minimum Gasteiger partial charge on any atom is -0.294 e. The van der Waals surface area contributed by atoms with Crippen LogP contribution in [-0.4, -0.2) is 43.5 Å². The maximum absolute atomic E-state index is 11.4. The van der Waals surface area contributed by atoms with Crippen molar-refractivity contribution >= 4 is 17.1 Å². The molecule has 0 atom stereocenters. The van der Waals surface area contributed by atoms with E-state index in [1.54, 1.807) is 0 Å². The second-order valence-corrected chi connectivity index (χ2v) is 7.24. The van der Waals surface area contributed by atoms with Gasteiger partial charge in [-0.15, -0.1) is 0 Å². The van der Waals surface area contributed by atoms with E-state index in [-0.39, 0.29) is 11.4 Å². The third kappa shape index (κ3) is 4.11. The number of aromatic nitrogens is 2. The van der Waals surface area contributed by atoms with Gasteiger partial charge in [0.05, 0.1) is 27.3 Å². The van der Waals surface area contributed by atoms with Crippen LogP contribution >= 0.6 is 0 Å². The van der Waals surface area contributed by atoms with Crippen LogP contribution in [0.4, 0.5) is 11.4 Å². The van der Waals surface area contributed by atoms with E-state index in [0.29, 0.717) is 31.0 Å². The highest BCUT2D eigenvalue weighted by Crippen LogP contribution is 2.27. The molecule has 10 heteroatoms. The lowest BCUT2D eigenvalue weighted by Crippen LogP contribution is -2.31. The minimum atomic E-state index is -0.626. The predicted molar refractivity (Wildman–Crippen MR) is 105 cm³/mol. The van der Waals surface area contributed by atoms with Crippen molar-refractivity contribution in [2.24, 2.45) is 4.99 Å². The van der Waals surface area contributed by atoms with Gasteiger partial charge in [-0.05, 0) is 25.3 Å². The van der Waals surface area contributed by atoms with Crippen molar-refractivity contribution in [1.82, 2.24) is 14.9 Å². The summed E-state index contributed by atoms with van der Waals surface area (Å²) in [4.78, 5) is 36.9. The molecule has 2 aliphatic heterocycles. The molecule has 0 bridgehead atoms. The van der Waals surface area contributed by atoms with Crippen molar-refractivity contribution in [3.8, 4) is 0 Å². The van der Waals surface area contributed by atoms with Crippen LogP contribution < -0.4 is 0 Å². The summed E-state index contributed by atoms with van der Waals surface area (Å²) in [5.74, 6) is 0.711. The molecular formula is C19H20N6O4. The third-order valence-electron chi connectivity index (χ3n) is 5.27. The fourth-order valence-electron chi connectivity index (χ4n) is 3.74. The molecule has 29 heavy (non-hydrogen) atoms. The Hall–Kier alpha value is -3.27. The van der Waals surface area contributed by atoms with Crippen molar-refractivity contribution in [1.29, 1.82) is 0 Å². The zero-order chi connectivity index (χ0) is 20.4. The summed E-state index contributed by atoms with van der Waals surface area (Å²) in [6.07, 6.45) is 5.68. The van der Waals surface area contributed by atoms with Crippen molar-refractivity contribution in [3.63, 3.8) is 0 Å². The number of nitro groups is 2. The maximum Gasteiger partial charge on any atom is 0.280 e. The second kappa shape index (κ2) is 8.00. The first-order valence-corrected chi connectivity index (χ1v) is 9.54. The average Bonchev–Trinajstić information content (AvgIpc) is 2.74. The van der Waals surface area contributed by atoms with E-state index < -0.39 is 9.85 Å². The molecule has 2 aliphatic rings. The largest absolute Gasteiger partial charge is 0.294 e. The van der Waals surface area contributed by atoms with Gasteiger partial charge < -0.3 is 0 Å². The quantitative estimate of drug-likeness (QED) is 0.561. The first-order chi connectivity index (χ1) is 14.0. The van der Waals surface area contributed by atoms with Crippen LogP contribution in [0.25, 0.3) is 0 Å². The van der Waals surface area contributed by atoms with Gasteiger partial charge in [0.1, 0.15) is 0 Å². The molecule has 0 saturated heterocycles. The van der Waals surface area contributed by atoms with Gasteiger partial charge in [0.15, 0.2) is 5.82 Å². The number of nitro benzene ring substituents is 2. The Balaban J connectivity index is 1.51. The van der Waals surface area contributed by atoms with Crippen LogP contribution in [0.3, 0.4) is 0 Å². The van der Waals surface area contributed by atoms with E-state index in [0.717, 1.165) is 55.3 Å². The predicted octanol–water partition coefficient (Wildman–Crippen LogP) is 2.82. The van der Waals surface area contributed by atoms with Crippen molar-refractivity contribution < 1.29 is 9.85 Å². The monoisotopic (exact) mass is 396 g/mol. The first-order valence-electron chi connectivity index (χ1n) is 9.54. The lowest BCUT2D eigenvalue weighted by Gasteiger charge is -2.28. The molecule has 10 nitrogen and oxygen atoms in total. The Labute approximate surface area is 166 Å². The summed E-state index contributed by atoms with van der Waals surface area (Å²) in [5.41, 5.74) is 2.92. The fourth-order valence-corrected chi connectivity index (χ4v) is 3.74. The molecule has 0 aliphatic carbocycles. The molecule has 0 fully saturated rings. The SMILES string of the molecule is O=[N+]([O-])c1ccc(CN2CCc3nc(C4=NCCCC4)ncc3C2)c([N+](=O)[O-])c1. The fraction of sp³-hybridized carbons (Fsp3) is 0.421. The van der Waals surface area contributed by atoms with Crippen LogP contribution in [0.1, 0.15) is 41.9 Å². The molecule has 2 aromatic rings. The molecule has 4 rings (SSSR count). The van der Waals surface area contributed by atoms with E-state index in [2.05, 4.69) is 14.9 Å². The van der Waals surface area contributed by atoms with Crippen molar-refractivity contribution in [3.05, 3.63) is 67.3 Å². The van der Waals surface area contributed by atoms with Crippen LogP contribution in [0.2, 0.25) is 0 Å². The Morgan fingerprint density at radius 1 is 1.10 bits per heavy atom. The van der Waals surface area contributed by atoms with Gasteiger partial charge in [0.2, 0.25) is 0 Å². The summed E-state index contributed by atoms with van der Waals surface area (Å²) in [5, 5.41) is 22.3. The minimum absolute atomic E-state index is 0.230. The van der Waals surface area contributed by atoms with Crippen molar-refractivity contribution in [2.75, 3.05) is 13.1 Å². The standard InChI is InChI=1S/C19H20N6O4/c26-24(27)15-5-4-13(18(9-15)25(28)29)11-23-8-6-16-14(12-23)10-21-19(22-16)17-3-1-2-7-20-17/h4-5,9-10H,1-3,6-8,11-12H2. The number of non-ortho nitro benzene ring substituents is 1. The topological polar surface area (TPSA) is 128 Å². The average molecular weight is 396 g/mol. The number of rotatable bonds is 5. The number of fused-ring (bicyclic) bond motifs is 1. The van der Waals surface area contributed by atoms with E-state index in [4.69, 9.17) is 4.98 Å². The molecule has 0 amide bonds. The second-order valence-electron chi connectivity index (χ2n) is 7.24. The van der Waals surface area contributed by atoms with E-state index in [1.165, 1.54) is 12.1 Å². The van der Waals surface area contributed by atoms with E-state index in [1.807, 2.05) is 6.20 Å². The highest BCUT2D eigenvalue weighted by atomic mass is 16.6. The van der Waals surface area contributed by atoms with Crippen LogP contribution in [0.5, 0.6) is 0 Å².